The Balaban J connectivity index is 1.31. The lowest BCUT2D eigenvalue weighted by atomic mass is 9.67. The van der Waals surface area contributed by atoms with E-state index < -0.39 is 24.5 Å². The van der Waals surface area contributed by atoms with Gasteiger partial charge >= 0.3 is 0 Å². The van der Waals surface area contributed by atoms with Crippen LogP contribution in [-0.2, 0) is 10.8 Å². The lowest BCUT2D eigenvalue weighted by Crippen LogP contribution is -2.28. The highest BCUT2D eigenvalue weighted by Crippen LogP contribution is 2.56. The van der Waals surface area contributed by atoms with Crippen LogP contribution in [-0.4, -0.2) is 0 Å². The molecule has 0 saturated carbocycles. The van der Waals surface area contributed by atoms with Gasteiger partial charge in [0, 0.05) is 25.0 Å². The predicted molar refractivity (Wildman–Crippen MR) is 171 cm³/mol. The van der Waals surface area contributed by atoms with Gasteiger partial charge in [-0.2, -0.15) is 0 Å². The van der Waals surface area contributed by atoms with Crippen molar-refractivity contribution in [3.63, 3.8) is 0 Å². The van der Waals surface area contributed by atoms with E-state index in [9.17, 15) is 0 Å². The average Bonchev–Trinajstić information content (AvgIpc) is 3.54. The summed E-state index contributed by atoms with van der Waals surface area (Å²) in [6.45, 7) is -5.63. The standard InChI is InChI=1S/C40H31N/c1-39(2)35-19-11-9-17-31(35)33-23-21-29(25-37(33)39)41-30-22-24-34-32-18-10-12-20-36(32)40(38(34)26-30,27-13-5-3-6-14-27)28-15-7-4-8-16-28/h3-26,41H,1-2H3/i1D3,2D3. The van der Waals surface area contributed by atoms with Gasteiger partial charge in [-0.05, 0) is 79.9 Å². The third-order valence-corrected chi connectivity index (χ3v) is 8.79. The summed E-state index contributed by atoms with van der Waals surface area (Å²) in [5, 5.41) is 3.53. The number of hydrogen-bond acceptors (Lipinski definition) is 1. The molecule has 196 valence electrons. The SMILES string of the molecule is [2H]C([2H])([2H])C1(C([2H])([2H])[2H])c2ccccc2-c2ccc(Nc3ccc4c(c3)C(c3ccccc3)(c3ccccc3)c3ccccc3-4)cc21. The Morgan fingerprint density at radius 2 is 0.902 bits per heavy atom. The third kappa shape index (κ3) is 3.36. The van der Waals surface area contributed by atoms with E-state index in [0.29, 0.717) is 27.9 Å². The Morgan fingerprint density at radius 3 is 1.51 bits per heavy atom. The van der Waals surface area contributed by atoms with Gasteiger partial charge in [-0.1, -0.05) is 135 Å². The Labute approximate surface area is 250 Å². The van der Waals surface area contributed by atoms with Crippen LogP contribution in [0.3, 0.4) is 0 Å². The molecular formula is C40H31N. The first-order valence-electron chi connectivity index (χ1n) is 17.0. The molecule has 1 heteroatoms. The second kappa shape index (κ2) is 8.81. The highest BCUT2D eigenvalue weighted by Gasteiger charge is 2.46. The molecule has 0 fully saturated rings. The molecule has 0 heterocycles. The minimum Gasteiger partial charge on any atom is -0.356 e. The van der Waals surface area contributed by atoms with Crippen molar-refractivity contribution in [2.45, 2.75) is 24.5 Å². The van der Waals surface area contributed by atoms with E-state index in [0.717, 1.165) is 27.9 Å². The fraction of sp³-hybridized carbons (Fsp3) is 0.100. The highest BCUT2D eigenvalue weighted by molar-refractivity contribution is 5.88. The maximum absolute atomic E-state index is 8.59. The zero-order valence-electron chi connectivity index (χ0n) is 28.4. The molecule has 0 unspecified atom stereocenters. The number of nitrogens with one attached hydrogen (secondary N) is 1. The van der Waals surface area contributed by atoms with E-state index in [1.165, 1.54) is 11.1 Å². The first-order valence-corrected chi connectivity index (χ1v) is 14.0. The van der Waals surface area contributed by atoms with E-state index in [1.807, 2.05) is 42.5 Å². The van der Waals surface area contributed by atoms with Crippen LogP contribution in [0, 0.1) is 0 Å². The normalized spacial score (nSPS) is 17.8. The summed E-state index contributed by atoms with van der Waals surface area (Å²) in [5.74, 6) is 0. The van der Waals surface area contributed by atoms with Gasteiger partial charge < -0.3 is 5.32 Å². The van der Waals surface area contributed by atoms with Crippen LogP contribution in [0.2, 0.25) is 0 Å². The van der Waals surface area contributed by atoms with E-state index in [4.69, 9.17) is 8.22 Å². The summed E-state index contributed by atoms with van der Waals surface area (Å²) < 4.78 is 51.6. The van der Waals surface area contributed by atoms with Crippen molar-refractivity contribution in [2.24, 2.45) is 0 Å². The van der Waals surface area contributed by atoms with Crippen molar-refractivity contribution in [1.29, 1.82) is 0 Å². The summed E-state index contributed by atoms with van der Waals surface area (Å²) in [6.07, 6.45) is 0. The van der Waals surface area contributed by atoms with E-state index >= 15 is 0 Å². The molecule has 1 N–H and O–H groups in total. The Bertz CT molecular complexity index is 2100. The molecule has 0 spiro atoms. The maximum Gasteiger partial charge on any atom is 0.0714 e. The molecule has 2 aliphatic carbocycles. The van der Waals surface area contributed by atoms with Crippen LogP contribution >= 0.6 is 0 Å². The van der Waals surface area contributed by atoms with Crippen LogP contribution in [0.1, 0.15) is 55.3 Å². The van der Waals surface area contributed by atoms with Gasteiger partial charge in [0.1, 0.15) is 0 Å². The molecular weight excluding hydrogens is 494 g/mol. The molecule has 6 aromatic carbocycles. The zero-order valence-corrected chi connectivity index (χ0v) is 22.4. The lowest BCUT2D eigenvalue weighted by Gasteiger charge is -2.34. The van der Waals surface area contributed by atoms with Crippen LogP contribution in [0.5, 0.6) is 0 Å². The summed E-state index contributed by atoms with van der Waals surface area (Å²) in [5.41, 5.74) is 7.59. The average molecular weight is 532 g/mol. The number of rotatable bonds is 4. The van der Waals surface area contributed by atoms with Gasteiger partial charge in [0.25, 0.3) is 0 Å². The first-order chi connectivity index (χ1) is 22.6. The predicted octanol–water partition coefficient (Wildman–Crippen LogP) is 10.1. The molecule has 2 aliphatic rings. The topological polar surface area (TPSA) is 12.0 Å². The maximum atomic E-state index is 8.59. The van der Waals surface area contributed by atoms with Crippen molar-refractivity contribution < 1.29 is 8.22 Å². The van der Waals surface area contributed by atoms with Gasteiger partial charge in [0.15, 0.2) is 0 Å². The Morgan fingerprint density at radius 1 is 0.439 bits per heavy atom. The number of benzene rings is 6. The minimum atomic E-state index is -2.82. The van der Waals surface area contributed by atoms with Gasteiger partial charge in [-0.15, -0.1) is 0 Å². The Hall–Kier alpha value is -4.88. The van der Waals surface area contributed by atoms with Crippen molar-refractivity contribution in [3.05, 3.63) is 179 Å². The van der Waals surface area contributed by atoms with Crippen LogP contribution in [0.15, 0.2) is 146 Å². The molecule has 0 radical (unpaired) electrons. The fourth-order valence-corrected chi connectivity index (χ4v) is 7.05. The van der Waals surface area contributed by atoms with E-state index in [1.54, 1.807) is 18.2 Å². The molecule has 0 atom stereocenters. The molecule has 41 heavy (non-hydrogen) atoms. The van der Waals surface area contributed by atoms with Crippen LogP contribution in [0.25, 0.3) is 22.3 Å². The molecule has 0 amide bonds. The molecule has 0 aliphatic heterocycles. The number of anilines is 2. The largest absolute Gasteiger partial charge is 0.356 e. The van der Waals surface area contributed by atoms with Gasteiger partial charge in [-0.3, -0.25) is 0 Å². The fourth-order valence-electron chi connectivity index (χ4n) is 7.05. The van der Waals surface area contributed by atoms with Crippen LogP contribution < -0.4 is 5.32 Å². The van der Waals surface area contributed by atoms with Crippen molar-refractivity contribution in [1.82, 2.24) is 0 Å². The second-order valence-electron chi connectivity index (χ2n) is 11.0. The summed E-state index contributed by atoms with van der Waals surface area (Å²) in [4.78, 5) is 0. The number of fused-ring (bicyclic) bond motifs is 6. The first kappa shape index (κ1) is 18.5. The Kier molecular flexibility index (Phi) is 3.97. The van der Waals surface area contributed by atoms with Crippen molar-refractivity contribution in [3.8, 4) is 22.3 Å². The zero-order chi connectivity index (χ0) is 32.6. The van der Waals surface area contributed by atoms with Gasteiger partial charge in [0.05, 0.1) is 5.41 Å². The van der Waals surface area contributed by atoms with Crippen LogP contribution in [0.4, 0.5) is 11.4 Å². The smallest absolute Gasteiger partial charge is 0.0714 e. The molecule has 0 aromatic heterocycles. The minimum absolute atomic E-state index is 0.292. The monoisotopic (exact) mass is 531 g/mol. The van der Waals surface area contributed by atoms with Crippen molar-refractivity contribution in [2.75, 3.05) is 5.32 Å². The lowest BCUT2D eigenvalue weighted by molar-refractivity contribution is 0.660. The highest BCUT2D eigenvalue weighted by atomic mass is 14.9. The summed E-state index contributed by atoms with van der Waals surface area (Å²) in [7, 11) is 0. The quantitative estimate of drug-likeness (QED) is 0.238. The summed E-state index contributed by atoms with van der Waals surface area (Å²) >= 11 is 0. The molecule has 1 nitrogen and oxygen atoms in total. The van der Waals surface area contributed by atoms with Gasteiger partial charge in [0.2, 0.25) is 0 Å². The second-order valence-corrected chi connectivity index (χ2v) is 11.0. The van der Waals surface area contributed by atoms with Crippen molar-refractivity contribution >= 4 is 11.4 Å². The molecule has 0 saturated heterocycles. The molecule has 8 rings (SSSR count). The number of hydrogen-bond donors (Lipinski definition) is 1. The van der Waals surface area contributed by atoms with E-state index in [-0.39, 0.29) is 0 Å². The molecule has 6 aromatic rings. The molecule has 0 bridgehead atoms. The van der Waals surface area contributed by atoms with Gasteiger partial charge in [-0.25, -0.2) is 0 Å². The third-order valence-electron chi connectivity index (χ3n) is 8.79. The van der Waals surface area contributed by atoms with E-state index in [2.05, 4.69) is 90.2 Å². The summed E-state index contributed by atoms with van der Waals surface area (Å²) in [6, 6.07) is 48.5.